The van der Waals surface area contributed by atoms with Crippen molar-refractivity contribution in [3.63, 3.8) is 0 Å². The molecular formula is C18H19FN2O. The van der Waals surface area contributed by atoms with E-state index in [0.717, 1.165) is 26.1 Å². The van der Waals surface area contributed by atoms with Crippen LogP contribution in [-0.2, 0) is 6.54 Å². The van der Waals surface area contributed by atoms with Gasteiger partial charge in [-0.1, -0.05) is 42.5 Å². The van der Waals surface area contributed by atoms with Gasteiger partial charge in [-0.05, 0) is 24.1 Å². The van der Waals surface area contributed by atoms with Gasteiger partial charge in [-0.2, -0.15) is 0 Å². The molecule has 4 heteroatoms. The largest absolute Gasteiger partial charge is 0.348 e. The molecule has 0 spiro atoms. The van der Waals surface area contributed by atoms with E-state index in [2.05, 4.69) is 22.3 Å². The lowest BCUT2D eigenvalue weighted by Crippen LogP contribution is -2.37. The van der Waals surface area contributed by atoms with Gasteiger partial charge in [0.1, 0.15) is 5.82 Å². The number of halogens is 1. The molecule has 0 aromatic heterocycles. The van der Waals surface area contributed by atoms with Gasteiger partial charge in [0, 0.05) is 25.7 Å². The Morgan fingerprint density at radius 2 is 1.86 bits per heavy atom. The minimum atomic E-state index is -0.473. The van der Waals surface area contributed by atoms with Crippen LogP contribution < -0.4 is 5.32 Å². The number of hydrogen-bond donors (Lipinski definition) is 1. The first kappa shape index (κ1) is 14.7. The molecule has 0 aliphatic carbocycles. The quantitative estimate of drug-likeness (QED) is 0.941. The number of rotatable bonds is 4. The van der Waals surface area contributed by atoms with Crippen LogP contribution in [0.2, 0.25) is 0 Å². The average molecular weight is 298 g/mol. The van der Waals surface area contributed by atoms with Gasteiger partial charge in [0.05, 0.1) is 5.56 Å². The average Bonchev–Trinajstić information content (AvgIpc) is 2.95. The second-order valence-corrected chi connectivity index (χ2v) is 5.66. The fourth-order valence-corrected chi connectivity index (χ4v) is 2.84. The lowest BCUT2D eigenvalue weighted by Gasteiger charge is -2.17. The molecule has 0 bridgehead atoms. The third-order valence-corrected chi connectivity index (χ3v) is 3.98. The zero-order valence-electron chi connectivity index (χ0n) is 12.3. The van der Waals surface area contributed by atoms with E-state index in [1.807, 2.05) is 18.2 Å². The summed E-state index contributed by atoms with van der Waals surface area (Å²) >= 11 is 0. The molecule has 0 saturated carbocycles. The Kier molecular flexibility index (Phi) is 4.49. The molecule has 1 heterocycles. The number of amides is 1. The molecule has 0 radical (unpaired) electrons. The van der Waals surface area contributed by atoms with Crippen LogP contribution in [-0.4, -0.2) is 29.9 Å². The van der Waals surface area contributed by atoms with Gasteiger partial charge in [0.25, 0.3) is 5.91 Å². The monoisotopic (exact) mass is 298 g/mol. The topological polar surface area (TPSA) is 32.3 Å². The summed E-state index contributed by atoms with van der Waals surface area (Å²) in [5.74, 6) is -0.802. The summed E-state index contributed by atoms with van der Waals surface area (Å²) in [5, 5.41) is 2.93. The molecule has 2 aromatic rings. The van der Waals surface area contributed by atoms with Crippen LogP contribution in [0.25, 0.3) is 0 Å². The van der Waals surface area contributed by atoms with Crippen LogP contribution in [0.1, 0.15) is 22.3 Å². The fraction of sp³-hybridized carbons (Fsp3) is 0.278. The highest BCUT2D eigenvalue weighted by Gasteiger charge is 2.24. The summed E-state index contributed by atoms with van der Waals surface area (Å²) in [6, 6.07) is 16.4. The van der Waals surface area contributed by atoms with Gasteiger partial charge in [-0.15, -0.1) is 0 Å². The van der Waals surface area contributed by atoms with Crippen molar-refractivity contribution < 1.29 is 9.18 Å². The molecule has 1 fully saturated rings. The SMILES string of the molecule is O=C(NC1CCN(Cc2ccccc2)C1)c1ccccc1F. The maximum Gasteiger partial charge on any atom is 0.254 e. The first-order chi connectivity index (χ1) is 10.7. The lowest BCUT2D eigenvalue weighted by molar-refractivity contribution is 0.0933. The zero-order chi connectivity index (χ0) is 15.4. The van der Waals surface area contributed by atoms with Crippen molar-refractivity contribution in [1.29, 1.82) is 0 Å². The number of carbonyl (C=O) groups excluding carboxylic acids is 1. The second kappa shape index (κ2) is 6.71. The Morgan fingerprint density at radius 1 is 1.14 bits per heavy atom. The van der Waals surface area contributed by atoms with Crippen molar-refractivity contribution in [3.8, 4) is 0 Å². The van der Waals surface area contributed by atoms with Crippen molar-refractivity contribution >= 4 is 5.91 Å². The normalized spacial score (nSPS) is 18.3. The van der Waals surface area contributed by atoms with E-state index in [1.165, 1.54) is 17.7 Å². The van der Waals surface area contributed by atoms with Gasteiger partial charge in [-0.3, -0.25) is 9.69 Å². The summed E-state index contributed by atoms with van der Waals surface area (Å²) < 4.78 is 13.6. The van der Waals surface area contributed by atoms with E-state index >= 15 is 0 Å². The number of carbonyl (C=O) groups is 1. The molecule has 22 heavy (non-hydrogen) atoms. The van der Waals surface area contributed by atoms with Crippen LogP contribution in [0.5, 0.6) is 0 Å². The van der Waals surface area contributed by atoms with E-state index in [0.29, 0.717) is 0 Å². The van der Waals surface area contributed by atoms with Crippen LogP contribution >= 0.6 is 0 Å². The Labute approximate surface area is 129 Å². The summed E-state index contributed by atoms with van der Waals surface area (Å²) in [6.45, 7) is 2.62. The van der Waals surface area contributed by atoms with E-state index in [9.17, 15) is 9.18 Å². The molecule has 1 unspecified atom stereocenters. The molecule has 2 aromatic carbocycles. The molecule has 114 valence electrons. The lowest BCUT2D eigenvalue weighted by atomic mass is 10.1. The standard InChI is InChI=1S/C18H19FN2O/c19-17-9-5-4-8-16(17)18(22)20-15-10-11-21(13-15)12-14-6-2-1-3-7-14/h1-9,15H,10-13H2,(H,20,22). The maximum atomic E-state index is 13.6. The van der Waals surface area contributed by atoms with Crippen molar-refractivity contribution in [2.45, 2.75) is 19.0 Å². The van der Waals surface area contributed by atoms with E-state index in [1.54, 1.807) is 12.1 Å². The van der Waals surface area contributed by atoms with Crippen molar-refractivity contribution in [1.82, 2.24) is 10.2 Å². The summed E-state index contributed by atoms with van der Waals surface area (Å²) in [6.07, 6.45) is 0.896. The molecule has 1 saturated heterocycles. The predicted molar refractivity (Wildman–Crippen MR) is 84.0 cm³/mol. The highest BCUT2D eigenvalue weighted by molar-refractivity contribution is 5.94. The van der Waals surface area contributed by atoms with E-state index < -0.39 is 5.82 Å². The van der Waals surface area contributed by atoms with Gasteiger partial charge >= 0.3 is 0 Å². The first-order valence-electron chi connectivity index (χ1n) is 7.54. The minimum absolute atomic E-state index is 0.0795. The van der Waals surface area contributed by atoms with Crippen LogP contribution in [0, 0.1) is 5.82 Å². The van der Waals surface area contributed by atoms with Crippen LogP contribution in [0.15, 0.2) is 54.6 Å². The van der Waals surface area contributed by atoms with Crippen molar-refractivity contribution in [3.05, 3.63) is 71.5 Å². The third-order valence-electron chi connectivity index (χ3n) is 3.98. The van der Waals surface area contributed by atoms with Gasteiger partial charge in [0.2, 0.25) is 0 Å². The van der Waals surface area contributed by atoms with Crippen molar-refractivity contribution in [2.75, 3.05) is 13.1 Å². The molecule has 1 N–H and O–H groups in total. The van der Waals surface area contributed by atoms with Gasteiger partial charge in [-0.25, -0.2) is 4.39 Å². The Hall–Kier alpha value is -2.20. The fourth-order valence-electron chi connectivity index (χ4n) is 2.84. The molecule has 1 aliphatic rings. The highest BCUT2D eigenvalue weighted by Crippen LogP contribution is 2.14. The number of likely N-dealkylation sites (tertiary alicyclic amines) is 1. The number of nitrogens with one attached hydrogen (secondary N) is 1. The Morgan fingerprint density at radius 3 is 2.64 bits per heavy atom. The van der Waals surface area contributed by atoms with Crippen LogP contribution in [0.4, 0.5) is 4.39 Å². The maximum absolute atomic E-state index is 13.6. The summed E-state index contributed by atoms with van der Waals surface area (Å²) in [4.78, 5) is 14.4. The molecule has 3 rings (SSSR count). The smallest absolute Gasteiger partial charge is 0.254 e. The summed E-state index contributed by atoms with van der Waals surface area (Å²) in [7, 11) is 0. The highest BCUT2D eigenvalue weighted by atomic mass is 19.1. The van der Waals surface area contributed by atoms with Gasteiger partial charge in [0.15, 0.2) is 0 Å². The zero-order valence-corrected chi connectivity index (χ0v) is 12.3. The predicted octanol–water partition coefficient (Wildman–Crippen LogP) is 2.83. The van der Waals surface area contributed by atoms with E-state index in [4.69, 9.17) is 0 Å². The van der Waals surface area contributed by atoms with E-state index in [-0.39, 0.29) is 17.5 Å². The minimum Gasteiger partial charge on any atom is -0.348 e. The molecule has 1 aliphatic heterocycles. The third kappa shape index (κ3) is 3.52. The van der Waals surface area contributed by atoms with Crippen molar-refractivity contribution in [2.24, 2.45) is 0 Å². The summed E-state index contributed by atoms with van der Waals surface area (Å²) in [5.41, 5.74) is 1.38. The van der Waals surface area contributed by atoms with Crippen LogP contribution in [0.3, 0.4) is 0 Å². The van der Waals surface area contributed by atoms with Gasteiger partial charge < -0.3 is 5.32 Å². The number of hydrogen-bond acceptors (Lipinski definition) is 2. The molecular weight excluding hydrogens is 279 g/mol. The number of nitrogens with zero attached hydrogens (tertiary/aromatic N) is 1. The Balaban J connectivity index is 1.55. The number of benzene rings is 2. The molecule has 1 amide bonds. The first-order valence-corrected chi connectivity index (χ1v) is 7.54. The second-order valence-electron chi connectivity index (χ2n) is 5.66. The Bertz CT molecular complexity index is 645. The molecule has 1 atom stereocenters. The molecule has 3 nitrogen and oxygen atoms in total.